The first-order chi connectivity index (χ1) is 6.22. The average Bonchev–Trinajstić information content (AvgIpc) is 2.37. The molecule has 2 aliphatic heterocycles. The van der Waals surface area contributed by atoms with Crippen LogP contribution in [0.4, 0.5) is 0 Å². The highest BCUT2D eigenvalue weighted by molar-refractivity contribution is 7.80. The summed E-state index contributed by atoms with van der Waals surface area (Å²) in [4.78, 5) is 2.36. The molecule has 0 saturated carbocycles. The van der Waals surface area contributed by atoms with E-state index in [9.17, 15) is 0 Å². The highest BCUT2D eigenvalue weighted by Crippen LogP contribution is 2.34. The summed E-state index contributed by atoms with van der Waals surface area (Å²) in [7, 11) is 1.90. The summed E-state index contributed by atoms with van der Waals surface area (Å²) < 4.78 is 0. The molecular formula is C9H18ClN3S. The molecule has 0 radical (unpaired) electrons. The third-order valence-corrected chi connectivity index (χ3v) is 3.63. The van der Waals surface area contributed by atoms with E-state index in [1.807, 2.05) is 7.05 Å². The van der Waals surface area contributed by atoms with Crippen LogP contribution in [0.3, 0.4) is 0 Å². The van der Waals surface area contributed by atoms with Gasteiger partial charge in [-0.2, -0.15) is 0 Å². The van der Waals surface area contributed by atoms with Crippen molar-refractivity contribution in [3.63, 3.8) is 0 Å². The van der Waals surface area contributed by atoms with Crippen molar-refractivity contribution in [1.82, 2.24) is 10.2 Å². The highest BCUT2D eigenvalue weighted by atomic mass is 35.5. The van der Waals surface area contributed by atoms with Crippen molar-refractivity contribution in [3.8, 4) is 0 Å². The van der Waals surface area contributed by atoms with Crippen LogP contribution in [0.5, 0.6) is 0 Å². The summed E-state index contributed by atoms with van der Waals surface area (Å²) in [5.74, 6) is 0. The van der Waals surface area contributed by atoms with Crippen LogP contribution in [-0.4, -0.2) is 35.2 Å². The number of nitrogens with two attached hydrogens (primary N) is 1. The third kappa shape index (κ3) is 1.97. The van der Waals surface area contributed by atoms with Crippen molar-refractivity contribution in [2.75, 3.05) is 7.05 Å². The number of hydrogen-bond acceptors (Lipinski definition) is 2. The lowest BCUT2D eigenvalue weighted by atomic mass is 9.99. The fourth-order valence-electron chi connectivity index (χ4n) is 2.68. The van der Waals surface area contributed by atoms with Gasteiger partial charge >= 0.3 is 0 Å². The predicted octanol–water partition coefficient (Wildman–Crippen LogP) is 0.867. The summed E-state index contributed by atoms with van der Waals surface area (Å²) >= 11 is 5.28. The molecule has 0 aromatic heterocycles. The summed E-state index contributed by atoms with van der Waals surface area (Å²) in [5.41, 5.74) is 5.97. The van der Waals surface area contributed by atoms with Crippen molar-refractivity contribution in [1.29, 1.82) is 0 Å². The van der Waals surface area contributed by atoms with Gasteiger partial charge < -0.3 is 16.0 Å². The molecule has 2 saturated heterocycles. The van der Waals surface area contributed by atoms with Gasteiger partial charge in [0.15, 0.2) is 5.11 Å². The van der Waals surface area contributed by atoms with E-state index in [2.05, 4.69) is 10.2 Å². The fourth-order valence-corrected chi connectivity index (χ4v) is 2.98. The summed E-state index contributed by atoms with van der Waals surface area (Å²) in [6, 6.07) is 1.61. The second-order valence-electron chi connectivity index (χ2n) is 4.08. The Labute approximate surface area is 96.8 Å². The van der Waals surface area contributed by atoms with Crippen LogP contribution >= 0.6 is 24.6 Å². The molecule has 82 valence electrons. The van der Waals surface area contributed by atoms with Gasteiger partial charge in [-0.05, 0) is 37.9 Å². The van der Waals surface area contributed by atoms with Gasteiger partial charge in [0.05, 0.1) is 0 Å². The molecular weight excluding hydrogens is 218 g/mol. The molecule has 3 nitrogen and oxygen atoms in total. The minimum Gasteiger partial charge on any atom is -0.366 e. The molecule has 2 bridgehead atoms. The highest BCUT2D eigenvalue weighted by Gasteiger charge is 2.40. The molecule has 0 amide bonds. The van der Waals surface area contributed by atoms with E-state index in [-0.39, 0.29) is 12.4 Å². The van der Waals surface area contributed by atoms with E-state index in [0.717, 1.165) is 18.0 Å². The summed E-state index contributed by atoms with van der Waals surface area (Å²) in [5, 5.41) is 3.97. The van der Waals surface area contributed by atoms with E-state index in [0.29, 0.717) is 18.1 Å². The first kappa shape index (κ1) is 12.0. The fraction of sp³-hybridized carbons (Fsp3) is 0.889. The van der Waals surface area contributed by atoms with E-state index < -0.39 is 0 Å². The van der Waals surface area contributed by atoms with E-state index >= 15 is 0 Å². The second kappa shape index (κ2) is 4.64. The molecule has 2 rings (SSSR count). The maximum absolute atomic E-state index is 5.97. The van der Waals surface area contributed by atoms with Crippen LogP contribution in [-0.2, 0) is 0 Å². The maximum atomic E-state index is 5.97. The van der Waals surface area contributed by atoms with E-state index in [1.54, 1.807) is 0 Å². The topological polar surface area (TPSA) is 41.3 Å². The van der Waals surface area contributed by atoms with Crippen molar-refractivity contribution >= 4 is 29.7 Å². The smallest absolute Gasteiger partial charge is 0.169 e. The lowest BCUT2D eigenvalue weighted by molar-refractivity contribution is 0.214. The number of nitrogens with zero attached hydrogens (tertiary/aromatic N) is 1. The summed E-state index contributed by atoms with van der Waals surface area (Å²) in [6.45, 7) is 0. The van der Waals surface area contributed by atoms with Gasteiger partial charge in [0.2, 0.25) is 0 Å². The van der Waals surface area contributed by atoms with Gasteiger partial charge in [0.1, 0.15) is 0 Å². The Morgan fingerprint density at radius 2 is 1.86 bits per heavy atom. The number of rotatable bonds is 0. The van der Waals surface area contributed by atoms with Crippen LogP contribution in [0, 0.1) is 0 Å². The van der Waals surface area contributed by atoms with Gasteiger partial charge in [0, 0.05) is 25.2 Å². The molecule has 2 unspecified atom stereocenters. The zero-order valence-electron chi connectivity index (χ0n) is 8.40. The molecule has 2 fully saturated rings. The standard InChI is InChI=1S/C9H17N3S.ClH/c1-11-9(13)12-7-2-3-8(12)5-6(10)4-7;/h6-8H,2-5,10H2,1H3,(H,11,13);1H. The van der Waals surface area contributed by atoms with Gasteiger partial charge in [-0.15, -0.1) is 12.4 Å². The molecule has 0 aliphatic carbocycles. The molecule has 5 heteroatoms. The van der Waals surface area contributed by atoms with Crippen LogP contribution in [0.15, 0.2) is 0 Å². The minimum atomic E-state index is 0. The Bertz CT molecular complexity index is 210. The Kier molecular flexibility index (Phi) is 3.98. The van der Waals surface area contributed by atoms with Crippen LogP contribution < -0.4 is 11.1 Å². The molecule has 0 aromatic carbocycles. The zero-order valence-corrected chi connectivity index (χ0v) is 10.0. The van der Waals surface area contributed by atoms with Crippen LogP contribution in [0.1, 0.15) is 25.7 Å². The van der Waals surface area contributed by atoms with E-state index in [1.165, 1.54) is 12.8 Å². The zero-order chi connectivity index (χ0) is 9.42. The molecule has 2 heterocycles. The number of hydrogen-bond donors (Lipinski definition) is 2. The molecule has 14 heavy (non-hydrogen) atoms. The van der Waals surface area contributed by atoms with Crippen molar-refractivity contribution in [2.45, 2.75) is 43.8 Å². The van der Waals surface area contributed by atoms with Gasteiger partial charge in [-0.3, -0.25) is 0 Å². The predicted molar refractivity (Wildman–Crippen MR) is 64.8 cm³/mol. The Morgan fingerprint density at radius 1 is 1.36 bits per heavy atom. The molecule has 0 aromatic rings. The lowest BCUT2D eigenvalue weighted by Gasteiger charge is -2.39. The second-order valence-corrected chi connectivity index (χ2v) is 4.47. The Morgan fingerprint density at radius 3 is 2.29 bits per heavy atom. The quantitative estimate of drug-likeness (QED) is 0.612. The molecule has 2 aliphatic rings. The average molecular weight is 236 g/mol. The number of thiocarbonyl (C=S) groups is 1. The normalized spacial score (nSPS) is 35.0. The monoisotopic (exact) mass is 235 g/mol. The minimum absolute atomic E-state index is 0. The first-order valence-electron chi connectivity index (χ1n) is 4.98. The molecule has 0 spiro atoms. The van der Waals surface area contributed by atoms with Crippen LogP contribution in [0.25, 0.3) is 0 Å². The lowest BCUT2D eigenvalue weighted by Crippen LogP contribution is -2.52. The van der Waals surface area contributed by atoms with Gasteiger partial charge in [-0.1, -0.05) is 0 Å². The van der Waals surface area contributed by atoms with Gasteiger partial charge in [0.25, 0.3) is 0 Å². The molecule has 2 atom stereocenters. The third-order valence-electron chi connectivity index (χ3n) is 3.22. The number of piperidine rings is 1. The van der Waals surface area contributed by atoms with E-state index in [4.69, 9.17) is 18.0 Å². The Balaban J connectivity index is 0.000000980. The van der Waals surface area contributed by atoms with Crippen molar-refractivity contribution in [2.24, 2.45) is 5.73 Å². The Hall–Kier alpha value is -0.0600. The first-order valence-corrected chi connectivity index (χ1v) is 5.39. The number of halogens is 1. The number of nitrogens with one attached hydrogen (secondary N) is 1. The van der Waals surface area contributed by atoms with Crippen molar-refractivity contribution < 1.29 is 0 Å². The maximum Gasteiger partial charge on any atom is 0.169 e. The van der Waals surface area contributed by atoms with Gasteiger partial charge in [-0.25, -0.2) is 0 Å². The SMILES string of the molecule is CNC(=S)N1C2CCC1CC(N)C2.Cl. The largest absolute Gasteiger partial charge is 0.366 e. The molecule has 3 N–H and O–H groups in total. The summed E-state index contributed by atoms with van der Waals surface area (Å²) in [6.07, 6.45) is 4.75. The van der Waals surface area contributed by atoms with Crippen LogP contribution in [0.2, 0.25) is 0 Å². The van der Waals surface area contributed by atoms with Crippen molar-refractivity contribution in [3.05, 3.63) is 0 Å². The number of fused-ring (bicyclic) bond motifs is 2.